The van der Waals surface area contributed by atoms with Crippen LogP contribution in [-0.4, -0.2) is 17.7 Å². The van der Waals surface area contributed by atoms with Gasteiger partial charge in [-0.15, -0.1) is 0 Å². The number of carbonyl (C=O) groups excluding carboxylic acids is 2. The molecule has 4 aliphatic rings. The van der Waals surface area contributed by atoms with Gasteiger partial charge in [0.25, 0.3) is 5.91 Å². The zero-order valence-corrected chi connectivity index (χ0v) is 17.2. The van der Waals surface area contributed by atoms with Crippen molar-refractivity contribution < 1.29 is 9.59 Å². The maximum absolute atomic E-state index is 12.6. The summed E-state index contributed by atoms with van der Waals surface area (Å²) in [5, 5.41) is 15.6. The third-order valence-corrected chi connectivity index (χ3v) is 7.37. The van der Waals surface area contributed by atoms with E-state index in [1.54, 1.807) is 30.5 Å². The molecule has 1 amide bonds. The highest BCUT2D eigenvalue weighted by atomic mass is 16.1. The average molecular weight is 392 g/mol. The molecule has 1 aromatic rings. The van der Waals surface area contributed by atoms with Crippen molar-refractivity contribution in [3.63, 3.8) is 0 Å². The Morgan fingerprint density at radius 3 is 2.34 bits per heavy atom. The molecular formula is C24H29N3O2. The summed E-state index contributed by atoms with van der Waals surface area (Å²) >= 11 is 0. The van der Waals surface area contributed by atoms with Crippen molar-refractivity contribution in [3.8, 4) is 6.07 Å². The summed E-state index contributed by atoms with van der Waals surface area (Å²) in [6.07, 6.45) is 9.58. The fraction of sp³-hybridized carbons (Fsp3) is 0.542. The highest BCUT2D eigenvalue weighted by Gasteiger charge is 2.53. The molecule has 4 fully saturated rings. The maximum Gasteiger partial charge on any atom is 0.267 e. The van der Waals surface area contributed by atoms with Crippen LogP contribution in [0, 0.1) is 34.5 Å². The molecule has 152 valence electrons. The van der Waals surface area contributed by atoms with E-state index in [4.69, 9.17) is 0 Å². The van der Waals surface area contributed by atoms with Crippen LogP contribution in [0.5, 0.6) is 0 Å². The molecule has 0 aromatic heterocycles. The standard InChI is InChI=1S/C24H29N3O2/c1-15(28)20-4-3-5-22(9-20)27-23(29)21(13-25)14-26-16(2)24-10-17-6-18(11-24)8-19(7-17)12-24/h3-5,9,14,16-19,26H,6-8,10-12H2,1-2H3,(H,27,29)/b21-14-. The van der Waals surface area contributed by atoms with Crippen molar-refractivity contribution >= 4 is 17.4 Å². The van der Waals surface area contributed by atoms with E-state index in [0.29, 0.717) is 16.7 Å². The molecule has 0 heterocycles. The van der Waals surface area contributed by atoms with Crippen LogP contribution >= 0.6 is 0 Å². The summed E-state index contributed by atoms with van der Waals surface area (Å²) in [6.45, 7) is 3.68. The van der Waals surface area contributed by atoms with Gasteiger partial charge in [-0.25, -0.2) is 0 Å². The fourth-order valence-corrected chi connectivity index (χ4v) is 6.26. The monoisotopic (exact) mass is 391 g/mol. The number of nitrogens with one attached hydrogen (secondary N) is 2. The number of benzene rings is 1. The van der Waals surface area contributed by atoms with E-state index in [2.05, 4.69) is 17.6 Å². The summed E-state index contributed by atoms with van der Waals surface area (Å²) in [6, 6.07) is 9.01. The Morgan fingerprint density at radius 1 is 1.17 bits per heavy atom. The maximum atomic E-state index is 12.6. The van der Waals surface area contributed by atoms with E-state index < -0.39 is 5.91 Å². The molecule has 0 saturated heterocycles. The van der Waals surface area contributed by atoms with Gasteiger partial charge in [0, 0.05) is 23.5 Å². The number of Topliss-reactive ketones (excluding diaryl/α,β-unsaturated/α-hetero) is 1. The number of ketones is 1. The quantitative estimate of drug-likeness (QED) is 0.427. The van der Waals surface area contributed by atoms with Crippen LogP contribution in [0.2, 0.25) is 0 Å². The van der Waals surface area contributed by atoms with Crippen molar-refractivity contribution in [3.05, 3.63) is 41.6 Å². The van der Waals surface area contributed by atoms with Crippen LogP contribution in [0.3, 0.4) is 0 Å². The Balaban J connectivity index is 1.43. The number of amides is 1. The molecule has 2 N–H and O–H groups in total. The van der Waals surface area contributed by atoms with Gasteiger partial charge in [0.1, 0.15) is 11.6 Å². The molecule has 4 saturated carbocycles. The predicted molar refractivity (Wildman–Crippen MR) is 112 cm³/mol. The zero-order valence-electron chi connectivity index (χ0n) is 17.2. The Bertz CT molecular complexity index is 860. The van der Waals surface area contributed by atoms with Crippen LogP contribution in [0.4, 0.5) is 5.69 Å². The summed E-state index contributed by atoms with van der Waals surface area (Å²) in [5.74, 6) is 2.06. The number of carbonyl (C=O) groups is 2. The van der Waals surface area contributed by atoms with Gasteiger partial charge in [0.15, 0.2) is 5.78 Å². The second kappa shape index (κ2) is 7.67. The van der Waals surface area contributed by atoms with Crippen LogP contribution in [0.15, 0.2) is 36.0 Å². The van der Waals surface area contributed by atoms with Gasteiger partial charge >= 0.3 is 0 Å². The molecule has 0 aliphatic heterocycles. The molecule has 5 heteroatoms. The highest BCUT2D eigenvalue weighted by Crippen LogP contribution is 2.61. The number of rotatable bonds is 6. The minimum atomic E-state index is -0.460. The lowest BCUT2D eigenvalue weighted by Crippen LogP contribution is -2.54. The lowest BCUT2D eigenvalue weighted by molar-refractivity contribution is -0.112. The molecule has 5 rings (SSSR count). The van der Waals surface area contributed by atoms with E-state index in [-0.39, 0.29) is 17.4 Å². The molecular weight excluding hydrogens is 362 g/mol. The Labute approximate surface area is 172 Å². The Morgan fingerprint density at radius 2 is 1.79 bits per heavy atom. The number of hydrogen-bond donors (Lipinski definition) is 2. The zero-order chi connectivity index (χ0) is 20.6. The van der Waals surface area contributed by atoms with Crippen LogP contribution < -0.4 is 10.6 Å². The second-order valence-corrected chi connectivity index (χ2v) is 9.43. The van der Waals surface area contributed by atoms with Gasteiger partial charge in [0.05, 0.1) is 0 Å². The lowest BCUT2D eigenvalue weighted by atomic mass is 9.48. The number of anilines is 1. The minimum absolute atomic E-state index is 0.0507. The number of hydrogen-bond acceptors (Lipinski definition) is 4. The number of nitrogens with zero attached hydrogens (tertiary/aromatic N) is 1. The minimum Gasteiger partial charge on any atom is -0.387 e. The Kier molecular flexibility index (Phi) is 5.21. The molecule has 29 heavy (non-hydrogen) atoms. The van der Waals surface area contributed by atoms with Crippen molar-refractivity contribution in [2.24, 2.45) is 23.2 Å². The molecule has 0 spiro atoms. The van der Waals surface area contributed by atoms with Gasteiger partial charge in [-0.3, -0.25) is 9.59 Å². The third kappa shape index (κ3) is 3.94. The first kappa shape index (κ1) is 19.7. The predicted octanol–water partition coefficient (Wildman–Crippen LogP) is 4.43. The van der Waals surface area contributed by atoms with E-state index in [9.17, 15) is 14.9 Å². The van der Waals surface area contributed by atoms with Gasteiger partial charge in [-0.2, -0.15) is 5.26 Å². The van der Waals surface area contributed by atoms with Crippen molar-refractivity contribution in [2.75, 3.05) is 5.32 Å². The largest absolute Gasteiger partial charge is 0.387 e. The van der Waals surface area contributed by atoms with E-state index >= 15 is 0 Å². The van der Waals surface area contributed by atoms with Crippen molar-refractivity contribution in [2.45, 2.75) is 58.4 Å². The fourth-order valence-electron chi connectivity index (χ4n) is 6.26. The smallest absolute Gasteiger partial charge is 0.267 e. The summed E-state index contributed by atoms with van der Waals surface area (Å²) < 4.78 is 0. The van der Waals surface area contributed by atoms with Crippen molar-refractivity contribution in [1.82, 2.24) is 5.32 Å². The van der Waals surface area contributed by atoms with E-state index in [0.717, 1.165) is 17.8 Å². The highest BCUT2D eigenvalue weighted by molar-refractivity contribution is 6.07. The van der Waals surface area contributed by atoms with E-state index in [1.165, 1.54) is 45.4 Å². The Hall–Kier alpha value is -2.61. The van der Waals surface area contributed by atoms with Crippen molar-refractivity contribution in [1.29, 1.82) is 5.26 Å². The first-order valence-corrected chi connectivity index (χ1v) is 10.7. The van der Waals surface area contributed by atoms with E-state index in [1.807, 2.05) is 6.07 Å². The summed E-state index contributed by atoms with van der Waals surface area (Å²) in [5.41, 5.74) is 1.39. The molecule has 5 nitrogen and oxygen atoms in total. The summed E-state index contributed by atoms with van der Waals surface area (Å²) in [7, 11) is 0. The topological polar surface area (TPSA) is 82.0 Å². The molecule has 1 unspecified atom stereocenters. The first-order valence-electron chi connectivity index (χ1n) is 10.7. The first-order chi connectivity index (χ1) is 13.9. The molecule has 1 atom stereocenters. The molecule has 4 aliphatic carbocycles. The summed E-state index contributed by atoms with van der Waals surface area (Å²) in [4.78, 5) is 24.1. The van der Waals surface area contributed by atoms with Gasteiger partial charge < -0.3 is 10.6 Å². The lowest BCUT2D eigenvalue weighted by Gasteiger charge is -2.59. The molecule has 0 radical (unpaired) electrons. The average Bonchev–Trinajstić information content (AvgIpc) is 2.67. The van der Waals surface area contributed by atoms with Gasteiger partial charge in [0.2, 0.25) is 0 Å². The third-order valence-electron chi connectivity index (χ3n) is 7.37. The van der Waals surface area contributed by atoms with Crippen LogP contribution in [-0.2, 0) is 4.79 Å². The molecule has 4 bridgehead atoms. The van der Waals surface area contributed by atoms with Crippen LogP contribution in [0.25, 0.3) is 0 Å². The normalized spacial score (nSPS) is 31.1. The SMILES string of the molecule is CC(=O)c1cccc(NC(=O)/C(C#N)=C\NC(C)C23CC4CC(CC(C4)C2)C3)c1. The number of nitriles is 1. The molecule has 1 aromatic carbocycles. The second-order valence-electron chi connectivity index (χ2n) is 9.43. The van der Waals surface area contributed by atoms with Crippen LogP contribution in [0.1, 0.15) is 62.7 Å². The van der Waals surface area contributed by atoms with Gasteiger partial charge in [-0.1, -0.05) is 12.1 Å². The van der Waals surface area contributed by atoms with Gasteiger partial charge in [-0.05, 0) is 87.7 Å².